The number of carboxylic acids is 1. The molecule has 0 saturated carbocycles. The first kappa shape index (κ1) is 14.0. The Morgan fingerprint density at radius 3 is 2.68 bits per heavy atom. The van der Waals surface area contributed by atoms with Crippen LogP contribution in [0.4, 0.5) is 0 Å². The molecule has 0 saturated heterocycles. The minimum absolute atomic E-state index is 0.319. The van der Waals surface area contributed by atoms with Crippen LogP contribution in [0.25, 0.3) is 5.69 Å². The maximum Gasteiger partial charge on any atom is 0.360 e. The first-order chi connectivity index (χ1) is 8.90. The van der Waals surface area contributed by atoms with Gasteiger partial charge in [-0.1, -0.05) is 15.9 Å². The van der Waals surface area contributed by atoms with Crippen molar-refractivity contribution in [3.8, 4) is 5.69 Å². The van der Waals surface area contributed by atoms with Crippen molar-refractivity contribution in [3.05, 3.63) is 54.8 Å². The van der Waals surface area contributed by atoms with Gasteiger partial charge in [0.2, 0.25) is 11.1 Å². The third-order valence-corrected chi connectivity index (χ3v) is 3.62. The number of carbonyl (C=O) groups is 1. The summed E-state index contributed by atoms with van der Waals surface area (Å²) in [6, 6.07) is 5.41. The zero-order chi connectivity index (χ0) is 14.2. The highest BCUT2D eigenvalue weighted by atomic mass is 79.9. The van der Waals surface area contributed by atoms with Crippen molar-refractivity contribution in [1.82, 2.24) is 9.78 Å². The predicted octanol–water partition coefficient (Wildman–Crippen LogP) is 2.76. The van der Waals surface area contributed by atoms with Crippen molar-refractivity contribution < 1.29 is 9.90 Å². The van der Waals surface area contributed by atoms with Gasteiger partial charge >= 0.3 is 5.97 Å². The minimum Gasteiger partial charge on any atom is -0.476 e. The quantitative estimate of drug-likeness (QED) is 0.859. The number of carboxylic acid groups (broad SMARTS) is 1. The molecule has 98 valence electrons. The van der Waals surface area contributed by atoms with Gasteiger partial charge in [-0.3, -0.25) is 4.79 Å². The topological polar surface area (TPSA) is 72.2 Å². The smallest absolute Gasteiger partial charge is 0.360 e. The van der Waals surface area contributed by atoms with Crippen molar-refractivity contribution in [2.75, 3.05) is 0 Å². The fraction of sp³-hybridized carbons (Fsp3) is 0.0833. The average molecular weight is 388 g/mol. The van der Waals surface area contributed by atoms with Gasteiger partial charge < -0.3 is 5.11 Å². The molecule has 0 unspecified atom stereocenters. The van der Waals surface area contributed by atoms with Gasteiger partial charge in [0.1, 0.15) is 0 Å². The minimum atomic E-state index is -1.34. The van der Waals surface area contributed by atoms with E-state index in [1.54, 1.807) is 19.1 Å². The van der Waals surface area contributed by atoms with Crippen molar-refractivity contribution in [2.24, 2.45) is 0 Å². The number of aromatic carboxylic acids is 1. The van der Waals surface area contributed by atoms with Gasteiger partial charge in [-0.2, -0.15) is 5.10 Å². The molecule has 2 rings (SSSR count). The molecular formula is C12H8Br2N2O3. The van der Waals surface area contributed by atoms with Crippen molar-refractivity contribution >= 4 is 37.8 Å². The molecule has 0 amide bonds. The molecule has 1 aromatic carbocycles. The molecule has 1 heterocycles. The third-order valence-electron chi connectivity index (χ3n) is 2.45. The SMILES string of the molecule is Cc1cn(-c2cc(Br)ccc2Br)nc(C(=O)O)c1=O. The van der Waals surface area contributed by atoms with E-state index < -0.39 is 17.1 Å². The van der Waals surface area contributed by atoms with Crippen LogP contribution in [-0.2, 0) is 0 Å². The summed E-state index contributed by atoms with van der Waals surface area (Å²) in [4.78, 5) is 22.7. The van der Waals surface area contributed by atoms with E-state index in [1.165, 1.54) is 10.9 Å². The Hall–Kier alpha value is -1.47. The number of halogens is 2. The van der Waals surface area contributed by atoms with Gasteiger partial charge in [-0.25, -0.2) is 9.48 Å². The van der Waals surface area contributed by atoms with Gasteiger partial charge in [0.15, 0.2) is 0 Å². The summed E-state index contributed by atoms with van der Waals surface area (Å²) in [6.07, 6.45) is 1.50. The Labute approximate surface area is 125 Å². The van der Waals surface area contributed by atoms with Crippen LogP contribution < -0.4 is 5.43 Å². The molecule has 0 aliphatic heterocycles. The second kappa shape index (κ2) is 5.26. The third kappa shape index (κ3) is 2.76. The largest absolute Gasteiger partial charge is 0.476 e. The summed E-state index contributed by atoms with van der Waals surface area (Å²) in [5.74, 6) is -1.34. The zero-order valence-corrected chi connectivity index (χ0v) is 12.9. The molecular weight excluding hydrogens is 380 g/mol. The summed E-state index contributed by atoms with van der Waals surface area (Å²) in [5, 5.41) is 12.8. The molecule has 19 heavy (non-hydrogen) atoms. The number of hydrogen-bond donors (Lipinski definition) is 1. The van der Waals surface area contributed by atoms with Crippen LogP contribution in [0.3, 0.4) is 0 Å². The van der Waals surface area contributed by atoms with Crippen LogP contribution >= 0.6 is 31.9 Å². The number of hydrogen-bond acceptors (Lipinski definition) is 3. The Morgan fingerprint density at radius 2 is 2.05 bits per heavy atom. The fourth-order valence-electron chi connectivity index (χ4n) is 1.54. The summed E-state index contributed by atoms with van der Waals surface area (Å²) in [7, 11) is 0. The Kier molecular flexibility index (Phi) is 3.86. The highest BCUT2D eigenvalue weighted by molar-refractivity contribution is 9.11. The molecule has 0 spiro atoms. The zero-order valence-electron chi connectivity index (χ0n) is 9.72. The molecule has 0 atom stereocenters. The summed E-state index contributed by atoms with van der Waals surface area (Å²) in [6.45, 7) is 1.55. The standard InChI is InChI=1S/C12H8Br2N2O3/c1-6-5-16(15-10(11(6)17)12(18)19)9-4-7(13)2-3-8(9)14/h2-5H,1H3,(H,18,19). The lowest BCUT2D eigenvalue weighted by atomic mass is 10.2. The number of nitrogens with zero attached hydrogens (tertiary/aromatic N) is 2. The number of aromatic nitrogens is 2. The summed E-state index contributed by atoms with van der Waals surface area (Å²) < 4.78 is 2.93. The van der Waals surface area contributed by atoms with Crippen LogP contribution in [0.15, 0.2) is 38.1 Å². The molecule has 0 aliphatic carbocycles. The first-order valence-corrected chi connectivity index (χ1v) is 6.78. The Morgan fingerprint density at radius 1 is 1.37 bits per heavy atom. The van der Waals surface area contributed by atoms with Gasteiger partial charge in [0.25, 0.3) is 0 Å². The predicted molar refractivity (Wildman–Crippen MR) is 76.9 cm³/mol. The molecule has 0 fully saturated rings. The maximum atomic E-state index is 11.7. The van der Waals surface area contributed by atoms with E-state index >= 15 is 0 Å². The normalized spacial score (nSPS) is 10.5. The van der Waals surface area contributed by atoms with Gasteiger partial charge in [0.05, 0.1) is 5.69 Å². The first-order valence-electron chi connectivity index (χ1n) is 5.19. The summed E-state index contributed by atoms with van der Waals surface area (Å²) in [5.41, 5.74) is -0.110. The maximum absolute atomic E-state index is 11.7. The van der Waals surface area contributed by atoms with Crippen LogP contribution in [0.5, 0.6) is 0 Å². The van der Waals surface area contributed by atoms with Crippen LogP contribution in [-0.4, -0.2) is 20.9 Å². The van der Waals surface area contributed by atoms with E-state index in [0.717, 1.165) is 8.95 Å². The fourth-order valence-corrected chi connectivity index (χ4v) is 2.31. The number of aryl methyl sites for hydroxylation is 1. The molecule has 5 nitrogen and oxygen atoms in total. The van der Waals surface area contributed by atoms with Crippen molar-refractivity contribution in [3.63, 3.8) is 0 Å². The second-order valence-corrected chi connectivity index (χ2v) is 5.61. The van der Waals surface area contributed by atoms with Gasteiger partial charge in [-0.15, -0.1) is 0 Å². The van der Waals surface area contributed by atoms with Crippen molar-refractivity contribution in [1.29, 1.82) is 0 Å². The Bertz CT molecular complexity index is 725. The monoisotopic (exact) mass is 386 g/mol. The molecule has 0 bridgehead atoms. The number of rotatable bonds is 2. The van der Waals surface area contributed by atoms with Gasteiger partial charge in [0, 0.05) is 20.7 Å². The summed E-state index contributed by atoms with van der Waals surface area (Å²) >= 11 is 6.70. The molecule has 7 heteroatoms. The molecule has 1 aromatic heterocycles. The lowest BCUT2D eigenvalue weighted by molar-refractivity contribution is 0.0686. The highest BCUT2D eigenvalue weighted by Gasteiger charge is 2.15. The van der Waals surface area contributed by atoms with E-state index in [-0.39, 0.29) is 0 Å². The molecule has 0 aliphatic rings. The molecule has 1 N–H and O–H groups in total. The second-order valence-electron chi connectivity index (χ2n) is 3.84. The van der Waals surface area contributed by atoms with E-state index in [9.17, 15) is 9.59 Å². The Balaban J connectivity index is 2.73. The van der Waals surface area contributed by atoms with Crippen LogP contribution in [0, 0.1) is 6.92 Å². The van der Waals surface area contributed by atoms with Crippen LogP contribution in [0.2, 0.25) is 0 Å². The van der Waals surface area contributed by atoms with E-state index in [4.69, 9.17) is 5.11 Å². The van der Waals surface area contributed by atoms with E-state index in [0.29, 0.717) is 11.3 Å². The van der Waals surface area contributed by atoms with E-state index in [2.05, 4.69) is 37.0 Å². The molecule has 2 aromatic rings. The molecule has 0 radical (unpaired) electrons. The van der Waals surface area contributed by atoms with Gasteiger partial charge in [-0.05, 0) is 41.1 Å². The van der Waals surface area contributed by atoms with E-state index in [1.807, 2.05) is 6.07 Å². The lowest BCUT2D eigenvalue weighted by Gasteiger charge is -2.10. The highest BCUT2D eigenvalue weighted by Crippen LogP contribution is 2.24. The number of benzene rings is 1. The average Bonchev–Trinajstić information content (AvgIpc) is 2.35. The lowest BCUT2D eigenvalue weighted by Crippen LogP contribution is -2.23. The van der Waals surface area contributed by atoms with Crippen LogP contribution in [0.1, 0.15) is 16.1 Å². The van der Waals surface area contributed by atoms with Crippen molar-refractivity contribution in [2.45, 2.75) is 6.92 Å².